The molecule has 0 aliphatic rings. The van der Waals surface area contributed by atoms with Crippen LogP contribution in [0.1, 0.15) is 16.7 Å². The van der Waals surface area contributed by atoms with Gasteiger partial charge in [-0.2, -0.15) is 0 Å². The van der Waals surface area contributed by atoms with Gasteiger partial charge in [-0.1, -0.05) is 30.3 Å². The van der Waals surface area contributed by atoms with E-state index in [2.05, 4.69) is 0 Å². The number of nitrogens with two attached hydrogens (primary N) is 1. The molecule has 0 fully saturated rings. The van der Waals surface area contributed by atoms with Crippen LogP contribution in [0.15, 0.2) is 42.5 Å². The second-order valence-corrected chi connectivity index (χ2v) is 3.99. The van der Waals surface area contributed by atoms with Crippen molar-refractivity contribution in [3.63, 3.8) is 0 Å². The van der Waals surface area contributed by atoms with Crippen LogP contribution in [0.2, 0.25) is 0 Å². The number of aryl methyl sites for hydroxylation is 1. The maximum atomic E-state index is 9.20. The lowest BCUT2D eigenvalue weighted by molar-refractivity contribution is 0.475. The first-order valence-electron chi connectivity index (χ1n) is 5.28. The summed E-state index contributed by atoms with van der Waals surface area (Å²) in [4.78, 5) is 0. The number of para-hydroxylation sites is 1. The van der Waals surface area contributed by atoms with E-state index in [1.807, 2.05) is 37.3 Å². The van der Waals surface area contributed by atoms with Gasteiger partial charge in [0.1, 0.15) is 5.75 Å². The molecular weight excluding hydrogens is 198 g/mol. The summed E-state index contributed by atoms with van der Waals surface area (Å²) in [6, 6.07) is 13.3. The van der Waals surface area contributed by atoms with E-state index in [9.17, 15) is 5.11 Å². The summed E-state index contributed by atoms with van der Waals surface area (Å²) in [5.74, 6) is 0.293. The zero-order chi connectivity index (χ0) is 11.5. The SMILES string of the molecule is Cc1cccc(Cc2ccc(O)cc2)c1N. The summed E-state index contributed by atoms with van der Waals surface area (Å²) in [5, 5.41) is 9.20. The molecular formula is C14H15NO. The fourth-order valence-corrected chi connectivity index (χ4v) is 1.73. The largest absolute Gasteiger partial charge is 0.508 e. The van der Waals surface area contributed by atoms with Crippen LogP contribution in [0.3, 0.4) is 0 Å². The topological polar surface area (TPSA) is 46.2 Å². The third-order valence-corrected chi connectivity index (χ3v) is 2.75. The van der Waals surface area contributed by atoms with E-state index in [0.29, 0.717) is 5.75 Å². The number of benzene rings is 2. The molecule has 82 valence electrons. The lowest BCUT2D eigenvalue weighted by Gasteiger charge is -2.08. The molecule has 0 aromatic heterocycles. The Morgan fingerprint density at radius 3 is 2.44 bits per heavy atom. The number of hydrogen-bond acceptors (Lipinski definition) is 2. The van der Waals surface area contributed by atoms with E-state index in [-0.39, 0.29) is 0 Å². The number of rotatable bonds is 2. The smallest absolute Gasteiger partial charge is 0.115 e. The molecule has 0 saturated heterocycles. The first kappa shape index (κ1) is 10.6. The highest BCUT2D eigenvalue weighted by atomic mass is 16.3. The summed E-state index contributed by atoms with van der Waals surface area (Å²) < 4.78 is 0. The highest BCUT2D eigenvalue weighted by Gasteiger charge is 2.02. The van der Waals surface area contributed by atoms with E-state index >= 15 is 0 Å². The summed E-state index contributed by atoms with van der Waals surface area (Å²) in [6.45, 7) is 2.01. The summed E-state index contributed by atoms with van der Waals surface area (Å²) in [7, 11) is 0. The second-order valence-electron chi connectivity index (χ2n) is 3.99. The highest BCUT2D eigenvalue weighted by Crippen LogP contribution is 2.20. The number of phenols is 1. The maximum Gasteiger partial charge on any atom is 0.115 e. The Balaban J connectivity index is 2.27. The Morgan fingerprint density at radius 2 is 1.75 bits per heavy atom. The van der Waals surface area contributed by atoms with Gasteiger partial charge in [0.05, 0.1) is 0 Å². The summed E-state index contributed by atoms with van der Waals surface area (Å²) in [6.07, 6.45) is 0.799. The van der Waals surface area contributed by atoms with E-state index in [4.69, 9.17) is 5.73 Å². The van der Waals surface area contributed by atoms with Gasteiger partial charge in [0.2, 0.25) is 0 Å². The fraction of sp³-hybridized carbons (Fsp3) is 0.143. The van der Waals surface area contributed by atoms with Crippen molar-refractivity contribution in [3.05, 3.63) is 59.2 Å². The van der Waals surface area contributed by atoms with Crippen LogP contribution in [0, 0.1) is 6.92 Å². The minimum Gasteiger partial charge on any atom is -0.508 e. The third-order valence-electron chi connectivity index (χ3n) is 2.75. The molecule has 0 amide bonds. The van der Waals surface area contributed by atoms with Crippen LogP contribution >= 0.6 is 0 Å². The Morgan fingerprint density at radius 1 is 1.06 bits per heavy atom. The first-order chi connectivity index (χ1) is 7.66. The molecule has 16 heavy (non-hydrogen) atoms. The maximum absolute atomic E-state index is 9.20. The number of nitrogen functional groups attached to an aromatic ring is 1. The molecule has 3 N–H and O–H groups in total. The molecule has 0 bridgehead atoms. The summed E-state index contributed by atoms with van der Waals surface area (Å²) >= 11 is 0. The van der Waals surface area contributed by atoms with Gasteiger partial charge in [-0.3, -0.25) is 0 Å². The van der Waals surface area contributed by atoms with Gasteiger partial charge in [-0.15, -0.1) is 0 Å². The number of hydrogen-bond donors (Lipinski definition) is 2. The van der Waals surface area contributed by atoms with Crippen molar-refractivity contribution < 1.29 is 5.11 Å². The molecule has 0 radical (unpaired) electrons. The molecule has 0 atom stereocenters. The molecule has 2 nitrogen and oxygen atoms in total. The molecule has 2 rings (SSSR count). The highest BCUT2D eigenvalue weighted by molar-refractivity contribution is 5.54. The van der Waals surface area contributed by atoms with Gasteiger partial charge in [0.25, 0.3) is 0 Å². The number of anilines is 1. The van der Waals surface area contributed by atoms with Crippen LogP contribution in [0.25, 0.3) is 0 Å². The Bertz CT molecular complexity index is 489. The van der Waals surface area contributed by atoms with Gasteiger partial charge in [0.15, 0.2) is 0 Å². The van der Waals surface area contributed by atoms with Crippen molar-refractivity contribution in [2.24, 2.45) is 0 Å². The molecule has 0 unspecified atom stereocenters. The van der Waals surface area contributed by atoms with E-state index < -0.39 is 0 Å². The van der Waals surface area contributed by atoms with Gasteiger partial charge in [0, 0.05) is 5.69 Å². The standard InChI is InChI=1S/C14H15NO/c1-10-3-2-4-12(14(10)15)9-11-5-7-13(16)8-6-11/h2-8,16H,9,15H2,1H3. The second kappa shape index (κ2) is 4.27. The van der Waals surface area contributed by atoms with Crippen molar-refractivity contribution in [3.8, 4) is 5.75 Å². The molecule has 2 aromatic carbocycles. The van der Waals surface area contributed by atoms with Crippen LogP contribution in [-0.4, -0.2) is 5.11 Å². The van der Waals surface area contributed by atoms with Crippen LogP contribution in [0.5, 0.6) is 5.75 Å². The van der Waals surface area contributed by atoms with E-state index in [1.54, 1.807) is 12.1 Å². The van der Waals surface area contributed by atoms with Gasteiger partial charge >= 0.3 is 0 Å². The lowest BCUT2D eigenvalue weighted by atomic mass is 10.0. The Labute approximate surface area is 95.4 Å². The third kappa shape index (κ3) is 2.16. The van der Waals surface area contributed by atoms with Crippen LogP contribution < -0.4 is 5.73 Å². The van der Waals surface area contributed by atoms with Gasteiger partial charge in [-0.05, 0) is 42.2 Å². The molecule has 2 aromatic rings. The summed E-state index contributed by atoms with van der Waals surface area (Å²) in [5.41, 5.74) is 10.3. The minimum absolute atomic E-state index is 0.293. The van der Waals surface area contributed by atoms with Crippen molar-refractivity contribution in [2.75, 3.05) is 5.73 Å². The molecule has 0 heterocycles. The molecule has 0 aliphatic carbocycles. The van der Waals surface area contributed by atoms with Gasteiger partial charge in [-0.25, -0.2) is 0 Å². The predicted octanol–water partition coefficient (Wildman–Crippen LogP) is 2.87. The first-order valence-corrected chi connectivity index (χ1v) is 5.28. The molecule has 0 saturated carbocycles. The number of aromatic hydroxyl groups is 1. The molecule has 0 aliphatic heterocycles. The van der Waals surface area contributed by atoms with Crippen LogP contribution in [-0.2, 0) is 6.42 Å². The quantitative estimate of drug-likeness (QED) is 0.753. The molecule has 2 heteroatoms. The normalized spacial score (nSPS) is 10.3. The van der Waals surface area contributed by atoms with Gasteiger partial charge < -0.3 is 10.8 Å². The average Bonchev–Trinajstić information content (AvgIpc) is 2.28. The monoisotopic (exact) mass is 213 g/mol. The van der Waals surface area contributed by atoms with Crippen molar-refractivity contribution >= 4 is 5.69 Å². The number of phenolic OH excluding ortho intramolecular Hbond substituents is 1. The lowest BCUT2D eigenvalue weighted by Crippen LogP contribution is -1.97. The average molecular weight is 213 g/mol. The Hall–Kier alpha value is -1.96. The fourth-order valence-electron chi connectivity index (χ4n) is 1.73. The van der Waals surface area contributed by atoms with Crippen molar-refractivity contribution in [1.82, 2.24) is 0 Å². The van der Waals surface area contributed by atoms with E-state index in [0.717, 1.165) is 28.8 Å². The van der Waals surface area contributed by atoms with Crippen molar-refractivity contribution in [1.29, 1.82) is 0 Å². The van der Waals surface area contributed by atoms with Crippen molar-refractivity contribution in [2.45, 2.75) is 13.3 Å². The minimum atomic E-state index is 0.293. The van der Waals surface area contributed by atoms with Crippen LogP contribution in [0.4, 0.5) is 5.69 Å². The zero-order valence-electron chi connectivity index (χ0n) is 9.27. The Kier molecular flexibility index (Phi) is 2.82. The zero-order valence-corrected chi connectivity index (χ0v) is 9.27. The van der Waals surface area contributed by atoms with E-state index in [1.165, 1.54) is 0 Å². The predicted molar refractivity (Wildman–Crippen MR) is 66.5 cm³/mol. The molecule has 0 spiro atoms.